The molecule has 0 aliphatic carbocycles. The molecule has 1 aliphatic heterocycles. The molecular formula is C16H26N2O2. The van der Waals surface area contributed by atoms with Crippen molar-refractivity contribution in [1.29, 1.82) is 0 Å². The van der Waals surface area contributed by atoms with Gasteiger partial charge in [-0.1, -0.05) is 6.07 Å². The molecule has 4 nitrogen and oxygen atoms in total. The van der Waals surface area contributed by atoms with Crippen molar-refractivity contribution in [1.82, 2.24) is 4.90 Å². The molecule has 20 heavy (non-hydrogen) atoms. The first kappa shape index (κ1) is 15.1. The summed E-state index contributed by atoms with van der Waals surface area (Å²) in [5.74, 6) is 2.08. The van der Waals surface area contributed by atoms with Gasteiger partial charge in [-0.3, -0.25) is 0 Å². The van der Waals surface area contributed by atoms with E-state index in [1.165, 1.54) is 31.5 Å². The summed E-state index contributed by atoms with van der Waals surface area (Å²) in [5.41, 5.74) is 7.20. The van der Waals surface area contributed by atoms with Crippen molar-refractivity contribution in [2.75, 3.05) is 40.4 Å². The number of hydrogen-bond acceptors (Lipinski definition) is 4. The number of benzene rings is 1. The second kappa shape index (κ2) is 7.50. The number of ether oxygens (including phenoxy) is 2. The summed E-state index contributed by atoms with van der Waals surface area (Å²) in [5, 5.41) is 0. The summed E-state index contributed by atoms with van der Waals surface area (Å²) < 4.78 is 10.6. The van der Waals surface area contributed by atoms with Crippen LogP contribution in [0.15, 0.2) is 18.2 Å². The van der Waals surface area contributed by atoms with Crippen LogP contribution >= 0.6 is 0 Å². The number of rotatable bonds is 7. The Hall–Kier alpha value is -1.26. The highest BCUT2D eigenvalue weighted by Crippen LogP contribution is 2.28. The first-order valence-electron chi connectivity index (χ1n) is 7.40. The van der Waals surface area contributed by atoms with Gasteiger partial charge >= 0.3 is 0 Å². The average molecular weight is 278 g/mol. The van der Waals surface area contributed by atoms with Gasteiger partial charge in [-0.15, -0.1) is 0 Å². The minimum atomic E-state index is 0.506. The molecule has 0 saturated carbocycles. The summed E-state index contributed by atoms with van der Waals surface area (Å²) in [6.07, 6.45) is 3.65. The average Bonchev–Trinajstić information content (AvgIpc) is 2.99. The third-order valence-corrected chi connectivity index (χ3v) is 4.02. The van der Waals surface area contributed by atoms with Crippen molar-refractivity contribution in [2.45, 2.75) is 19.3 Å². The highest BCUT2D eigenvalue weighted by molar-refractivity contribution is 5.43. The van der Waals surface area contributed by atoms with Crippen LogP contribution < -0.4 is 15.2 Å². The summed E-state index contributed by atoms with van der Waals surface area (Å²) >= 11 is 0. The molecule has 1 aromatic rings. The molecule has 2 N–H and O–H groups in total. The van der Waals surface area contributed by atoms with Gasteiger partial charge in [0.15, 0.2) is 11.5 Å². The van der Waals surface area contributed by atoms with Gasteiger partial charge in [0.05, 0.1) is 14.2 Å². The first-order valence-corrected chi connectivity index (χ1v) is 7.40. The largest absolute Gasteiger partial charge is 0.493 e. The lowest BCUT2D eigenvalue weighted by Gasteiger charge is -2.22. The molecule has 1 aromatic carbocycles. The minimum absolute atomic E-state index is 0.506. The van der Waals surface area contributed by atoms with E-state index in [1.807, 2.05) is 6.07 Å². The van der Waals surface area contributed by atoms with Crippen LogP contribution in [0, 0.1) is 5.92 Å². The Labute approximate surface area is 121 Å². The Morgan fingerprint density at radius 2 is 1.85 bits per heavy atom. The van der Waals surface area contributed by atoms with E-state index >= 15 is 0 Å². The van der Waals surface area contributed by atoms with E-state index in [2.05, 4.69) is 17.0 Å². The fourth-order valence-corrected chi connectivity index (χ4v) is 2.89. The zero-order chi connectivity index (χ0) is 14.4. The second-order valence-corrected chi connectivity index (χ2v) is 5.50. The number of nitrogens with zero attached hydrogens (tertiary/aromatic N) is 1. The van der Waals surface area contributed by atoms with Crippen LogP contribution in [-0.2, 0) is 6.42 Å². The quantitative estimate of drug-likeness (QED) is 0.828. The third kappa shape index (κ3) is 3.87. The molecule has 112 valence electrons. The molecule has 2 rings (SSSR count). The maximum atomic E-state index is 5.94. The molecule has 0 aromatic heterocycles. The smallest absolute Gasteiger partial charge is 0.160 e. The van der Waals surface area contributed by atoms with E-state index in [0.717, 1.165) is 31.0 Å². The Kier molecular flexibility index (Phi) is 5.68. The minimum Gasteiger partial charge on any atom is -0.493 e. The third-order valence-electron chi connectivity index (χ3n) is 4.02. The summed E-state index contributed by atoms with van der Waals surface area (Å²) in [6, 6.07) is 6.14. The molecule has 0 bridgehead atoms. The van der Waals surface area contributed by atoms with Crippen molar-refractivity contribution < 1.29 is 9.47 Å². The van der Waals surface area contributed by atoms with E-state index in [4.69, 9.17) is 15.2 Å². The predicted octanol–water partition coefficient (Wildman–Crippen LogP) is 1.92. The monoisotopic (exact) mass is 278 g/mol. The van der Waals surface area contributed by atoms with Gasteiger partial charge in [-0.25, -0.2) is 0 Å². The van der Waals surface area contributed by atoms with E-state index in [-0.39, 0.29) is 0 Å². The van der Waals surface area contributed by atoms with Gasteiger partial charge < -0.3 is 20.1 Å². The maximum absolute atomic E-state index is 5.94. The number of hydrogen-bond donors (Lipinski definition) is 1. The van der Waals surface area contributed by atoms with Crippen LogP contribution in [0.5, 0.6) is 11.5 Å². The number of likely N-dealkylation sites (tertiary alicyclic amines) is 1. The highest BCUT2D eigenvalue weighted by atomic mass is 16.5. The van der Waals surface area contributed by atoms with E-state index in [9.17, 15) is 0 Å². The fraction of sp³-hybridized carbons (Fsp3) is 0.625. The van der Waals surface area contributed by atoms with Gasteiger partial charge in [-0.2, -0.15) is 0 Å². The second-order valence-electron chi connectivity index (χ2n) is 5.50. The van der Waals surface area contributed by atoms with E-state index in [1.54, 1.807) is 14.2 Å². The highest BCUT2D eigenvalue weighted by Gasteiger charge is 2.17. The van der Waals surface area contributed by atoms with E-state index in [0.29, 0.717) is 5.92 Å². The van der Waals surface area contributed by atoms with Gasteiger partial charge in [-0.05, 0) is 62.5 Å². The van der Waals surface area contributed by atoms with E-state index < -0.39 is 0 Å². The molecule has 1 atom stereocenters. The molecule has 1 unspecified atom stereocenters. The molecule has 1 fully saturated rings. The Balaban J connectivity index is 1.99. The molecular weight excluding hydrogens is 252 g/mol. The summed E-state index contributed by atoms with van der Waals surface area (Å²) in [6.45, 7) is 4.28. The Morgan fingerprint density at radius 3 is 2.45 bits per heavy atom. The zero-order valence-corrected chi connectivity index (χ0v) is 12.6. The Morgan fingerprint density at radius 1 is 1.15 bits per heavy atom. The van der Waals surface area contributed by atoms with Crippen molar-refractivity contribution in [2.24, 2.45) is 11.7 Å². The molecule has 0 amide bonds. The predicted molar refractivity (Wildman–Crippen MR) is 81.5 cm³/mol. The lowest BCUT2D eigenvalue weighted by atomic mass is 9.98. The summed E-state index contributed by atoms with van der Waals surface area (Å²) in [7, 11) is 3.33. The van der Waals surface area contributed by atoms with Crippen molar-refractivity contribution in [3.8, 4) is 11.5 Å². The maximum Gasteiger partial charge on any atom is 0.160 e. The van der Waals surface area contributed by atoms with Crippen LogP contribution in [-0.4, -0.2) is 45.3 Å². The molecule has 0 spiro atoms. The molecule has 1 aliphatic rings. The molecule has 0 radical (unpaired) electrons. The zero-order valence-electron chi connectivity index (χ0n) is 12.6. The fourth-order valence-electron chi connectivity index (χ4n) is 2.89. The topological polar surface area (TPSA) is 47.7 Å². The van der Waals surface area contributed by atoms with Crippen LogP contribution in [0.25, 0.3) is 0 Å². The SMILES string of the molecule is COc1ccc(CC(CN)CN2CCCC2)cc1OC. The van der Waals surface area contributed by atoms with Crippen LogP contribution in [0.2, 0.25) is 0 Å². The number of nitrogens with two attached hydrogens (primary N) is 1. The molecule has 1 saturated heterocycles. The van der Waals surface area contributed by atoms with Gasteiger partial charge in [0.25, 0.3) is 0 Å². The molecule has 1 heterocycles. The van der Waals surface area contributed by atoms with Crippen LogP contribution in [0.1, 0.15) is 18.4 Å². The van der Waals surface area contributed by atoms with Gasteiger partial charge in [0.1, 0.15) is 0 Å². The van der Waals surface area contributed by atoms with Crippen molar-refractivity contribution in [3.05, 3.63) is 23.8 Å². The van der Waals surface area contributed by atoms with Crippen LogP contribution in [0.3, 0.4) is 0 Å². The van der Waals surface area contributed by atoms with Crippen molar-refractivity contribution in [3.63, 3.8) is 0 Å². The number of methoxy groups -OCH3 is 2. The lowest BCUT2D eigenvalue weighted by molar-refractivity contribution is 0.279. The first-order chi connectivity index (χ1) is 9.76. The van der Waals surface area contributed by atoms with Gasteiger partial charge in [0.2, 0.25) is 0 Å². The van der Waals surface area contributed by atoms with Crippen LogP contribution in [0.4, 0.5) is 0 Å². The lowest BCUT2D eigenvalue weighted by Crippen LogP contribution is -2.32. The van der Waals surface area contributed by atoms with Gasteiger partial charge in [0, 0.05) is 6.54 Å². The normalized spacial score (nSPS) is 17.1. The molecule has 4 heteroatoms. The summed E-state index contributed by atoms with van der Waals surface area (Å²) in [4.78, 5) is 2.53. The van der Waals surface area contributed by atoms with Crippen molar-refractivity contribution >= 4 is 0 Å². The Bertz CT molecular complexity index is 417. The standard InChI is InChI=1S/C16H26N2O2/c1-19-15-6-5-13(10-16(15)20-2)9-14(11-17)12-18-7-3-4-8-18/h5-6,10,14H,3-4,7-9,11-12,17H2,1-2H3.